The van der Waals surface area contributed by atoms with E-state index in [0.29, 0.717) is 41.8 Å². The predicted molar refractivity (Wildman–Crippen MR) is 153 cm³/mol. The van der Waals surface area contributed by atoms with Crippen molar-refractivity contribution in [1.82, 2.24) is 15.2 Å². The predicted octanol–water partition coefficient (Wildman–Crippen LogP) is 5.69. The molecule has 9 nitrogen and oxygen atoms in total. The third-order valence-electron chi connectivity index (χ3n) is 6.47. The topological polar surface area (TPSA) is 94.2 Å². The van der Waals surface area contributed by atoms with Gasteiger partial charge in [-0.1, -0.05) is 20.8 Å². The zero-order chi connectivity index (χ0) is 27.7. The lowest BCUT2D eigenvalue weighted by Crippen LogP contribution is -2.37. The molecular weight excluding hydrogens is 496 g/mol. The number of pyridine rings is 1. The molecule has 39 heavy (non-hydrogen) atoms. The summed E-state index contributed by atoms with van der Waals surface area (Å²) in [5.41, 5.74) is 1.61. The molecule has 0 atom stereocenters. The Morgan fingerprint density at radius 3 is 2.54 bits per heavy atom. The number of carbonyl (C=O) groups excluding carboxylic acids is 1. The van der Waals surface area contributed by atoms with Crippen LogP contribution in [0.5, 0.6) is 23.0 Å². The number of nitrogens with one attached hydrogen (secondary N) is 2. The van der Waals surface area contributed by atoms with Crippen molar-refractivity contribution in [2.45, 2.75) is 33.6 Å². The minimum atomic E-state index is -0.223. The molecule has 0 bridgehead atoms. The third kappa shape index (κ3) is 8.73. The second kappa shape index (κ2) is 13.5. The van der Waals surface area contributed by atoms with Crippen LogP contribution in [0.4, 0.5) is 10.5 Å². The Hall–Kier alpha value is -3.56. The molecule has 2 amide bonds. The van der Waals surface area contributed by atoms with Crippen LogP contribution in [0.25, 0.3) is 10.9 Å². The van der Waals surface area contributed by atoms with E-state index >= 15 is 0 Å². The van der Waals surface area contributed by atoms with Crippen molar-refractivity contribution in [3.63, 3.8) is 0 Å². The third-order valence-corrected chi connectivity index (χ3v) is 6.47. The van der Waals surface area contributed by atoms with Gasteiger partial charge in [-0.25, -0.2) is 4.79 Å². The summed E-state index contributed by atoms with van der Waals surface area (Å²) in [5, 5.41) is 6.56. The smallest absolute Gasteiger partial charge is 0.319 e. The number of amides is 2. The molecule has 1 saturated heterocycles. The van der Waals surface area contributed by atoms with Crippen molar-refractivity contribution >= 4 is 22.6 Å². The molecule has 0 spiro atoms. The lowest BCUT2D eigenvalue weighted by atomic mass is 9.92. The standard InChI is InChI=1S/C30H40N4O5/c1-30(2,3)11-13-32-29(35)33-22-6-8-23(9-7-22)39-26-10-12-31-25-21-28(27(36-4)20-24(25)26)38-17-5-14-34-15-18-37-19-16-34/h6-10,12,20-21H,5,11,13-19H2,1-4H3,(H2,32,33,35). The van der Waals surface area contributed by atoms with Crippen LogP contribution < -0.4 is 24.8 Å². The molecule has 0 unspecified atom stereocenters. The van der Waals surface area contributed by atoms with Gasteiger partial charge in [0.25, 0.3) is 0 Å². The Bertz CT molecular complexity index is 1220. The lowest BCUT2D eigenvalue weighted by Gasteiger charge is -2.26. The molecule has 2 heterocycles. The average Bonchev–Trinajstić information content (AvgIpc) is 2.92. The highest BCUT2D eigenvalue weighted by Crippen LogP contribution is 2.37. The maximum Gasteiger partial charge on any atom is 0.319 e. The number of morpholine rings is 1. The summed E-state index contributed by atoms with van der Waals surface area (Å²) in [7, 11) is 1.63. The molecule has 2 aromatic carbocycles. The molecule has 9 heteroatoms. The quantitative estimate of drug-likeness (QED) is 0.304. The van der Waals surface area contributed by atoms with E-state index in [1.807, 2.05) is 42.5 Å². The van der Waals surface area contributed by atoms with E-state index in [4.69, 9.17) is 18.9 Å². The van der Waals surface area contributed by atoms with Gasteiger partial charge in [-0.3, -0.25) is 9.88 Å². The second-order valence-electron chi connectivity index (χ2n) is 10.8. The van der Waals surface area contributed by atoms with E-state index in [0.717, 1.165) is 56.6 Å². The number of ether oxygens (including phenoxy) is 4. The van der Waals surface area contributed by atoms with E-state index in [-0.39, 0.29) is 11.4 Å². The second-order valence-corrected chi connectivity index (χ2v) is 10.8. The first-order valence-electron chi connectivity index (χ1n) is 13.5. The maximum atomic E-state index is 12.2. The van der Waals surface area contributed by atoms with Gasteiger partial charge < -0.3 is 29.6 Å². The molecule has 0 saturated carbocycles. The van der Waals surface area contributed by atoms with E-state index in [9.17, 15) is 4.79 Å². The van der Waals surface area contributed by atoms with Crippen LogP contribution in [0.3, 0.4) is 0 Å². The van der Waals surface area contributed by atoms with Gasteiger partial charge in [-0.05, 0) is 54.7 Å². The van der Waals surface area contributed by atoms with Crippen LogP contribution in [-0.4, -0.2) is 69.0 Å². The Labute approximate surface area is 230 Å². The highest BCUT2D eigenvalue weighted by Gasteiger charge is 2.14. The Morgan fingerprint density at radius 1 is 1.05 bits per heavy atom. The van der Waals surface area contributed by atoms with Crippen molar-refractivity contribution in [2.24, 2.45) is 5.41 Å². The highest BCUT2D eigenvalue weighted by atomic mass is 16.5. The van der Waals surface area contributed by atoms with Crippen molar-refractivity contribution in [1.29, 1.82) is 0 Å². The molecule has 1 fully saturated rings. The zero-order valence-corrected chi connectivity index (χ0v) is 23.4. The molecule has 210 valence electrons. The molecule has 2 N–H and O–H groups in total. The summed E-state index contributed by atoms with van der Waals surface area (Å²) < 4.78 is 23.3. The summed E-state index contributed by atoms with van der Waals surface area (Å²) in [4.78, 5) is 19.1. The average molecular weight is 537 g/mol. The number of methoxy groups -OCH3 is 1. The fraction of sp³-hybridized carbons (Fsp3) is 0.467. The Morgan fingerprint density at radius 2 is 1.82 bits per heavy atom. The van der Waals surface area contributed by atoms with E-state index in [2.05, 4.69) is 41.3 Å². The van der Waals surface area contributed by atoms with Crippen LogP contribution in [0.1, 0.15) is 33.6 Å². The number of anilines is 1. The molecule has 0 radical (unpaired) electrons. The van der Waals surface area contributed by atoms with Crippen LogP contribution in [0.2, 0.25) is 0 Å². The molecule has 0 aliphatic carbocycles. The van der Waals surface area contributed by atoms with Crippen molar-refractivity contribution in [2.75, 3.05) is 58.4 Å². The van der Waals surface area contributed by atoms with Gasteiger partial charge in [0.15, 0.2) is 11.5 Å². The summed E-state index contributed by atoms with van der Waals surface area (Å²) in [5.74, 6) is 2.58. The van der Waals surface area contributed by atoms with Crippen molar-refractivity contribution < 1.29 is 23.7 Å². The first kappa shape index (κ1) is 28.4. The number of carbonyl (C=O) groups is 1. The molecular formula is C30H40N4O5. The van der Waals surface area contributed by atoms with Crippen LogP contribution in [-0.2, 0) is 4.74 Å². The first-order chi connectivity index (χ1) is 18.8. The number of fused-ring (bicyclic) bond motifs is 1. The molecule has 3 aromatic rings. The molecule has 4 rings (SSSR count). The van der Waals surface area contributed by atoms with Gasteiger partial charge in [0, 0.05) is 49.5 Å². The SMILES string of the molecule is COc1cc2c(Oc3ccc(NC(=O)NCCC(C)(C)C)cc3)ccnc2cc1OCCCN1CCOCC1. The molecule has 1 aliphatic heterocycles. The van der Waals surface area contributed by atoms with Crippen LogP contribution in [0.15, 0.2) is 48.7 Å². The van der Waals surface area contributed by atoms with Crippen molar-refractivity contribution in [3.8, 4) is 23.0 Å². The number of benzene rings is 2. The van der Waals surface area contributed by atoms with Gasteiger partial charge in [0.05, 0.1) is 32.4 Å². The monoisotopic (exact) mass is 536 g/mol. The number of nitrogens with zero attached hydrogens (tertiary/aromatic N) is 2. The van der Waals surface area contributed by atoms with Gasteiger partial charge >= 0.3 is 6.03 Å². The summed E-state index contributed by atoms with van der Waals surface area (Å²) >= 11 is 0. The van der Waals surface area contributed by atoms with Gasteiger partial charge in [-0.15, -0.1) is 0 Å². The van der Waals surface area contributed by atoms with Gasteiger partial charge in [0.2, 0.25) is 0 Å². The van der Waals surface area contributed by atoms with E-state index in [1.165, 1.54) is 0 Å². The number of hydrogen-bond acceptors (Lipinski definition) is 7. The number of rotatable bonds is 11. The van der Waals surface area contributed by atoms with Gasteiger partial charge in [-0.2, -0.15) is 0 Å². The Kier molecular flexibility index (Phi) is 9.84. The minimum Gasteiger partial charge on any atom is -0.493 e. The Balaban J connectivity index is 1.36. The van der Waals surface area contributed by atoms with Gasteiger partial charge in [0.1, 0.15) is 11.5 Å². The van der Waals surface area contributed by atoms with E-state index < -0.39 is 0 Å². The summed E-state index contributed by atoms with van der Waals surface area (Å²) in [6.07, 6.45) is 3.53. The fourth-order valence-corrected chi connectivity index (χ4v) is 4.24. The zero-order valence-electron chi connectivity index (χ0n) is 23.4. The molecule has 1 aromatic heterocycles. The normalized spacial score (nSPS) is 14.2. The minimum absolute atomic E-state index is 0.172. The van der Waals surface area contributed by atoms with Crippen molar-refractivity contribution in [3.05, 3.63) is 48.7 Å². The largest absolute Gasteiger partial charge is 0.493 e. The molecule has 1 aliphatic rings. The lowest BCUT2D eigenvalue weighted by molar-refractivity contribution is 0.0357. The highest BCUT2D eigenvalue weighted by molar-refractivity contribution is 5.89. The first-order valence-corrected chi connectivity index (χ1v) is 13.5. The fourth-order valence-electron chi connectivity index (χ4n) is 4.24. The number of hydrogen-bond donors (Lipinski definition) is 2. The number of urea groups is 1. The summed E-state index contributed by atoms with van der Waals surface area (Å²) in [6.45, 7) is 12.2. The summed E-state index contributed by atoms with van der Waals surface area (Å²) in [6, 6.07) is 12.6. The van der Waals surface area contributed by atoms with E-state index in [1.54, 1.807) is 13.3 Å². The maximum absolute atomic E-state index is 12.2. The van der Waals surface area contributed by atoms with Crippen LogP contribution in [0, 0.1) is 5.41 Å². The van der Waals surface area contributed by atoms with Crippen LogP contribution >= 0.6 is 0 Å². The number of aromatic nitrogens is 1.